The van der Waals surface area contributed by atoms with Gasteiger partial charge in [0.05, 0.1) is 40.8 Å². The zero-order valence-electron chi connectivity index (χ0n) is 24.0. The highest BCUT2D eigenvalue weighted by Crippen LogP contribution is 2.40. The van der Waals surface area contributed by atoms with E-state index in [-0.39, 0.29) is 35.9 Å². The number of methoxy groups -OCH3 is 1. The van der Waals surface area contributed by atoms with E-state index in [4.69, 9.17) is 33.0 Å². The molecule has 1 aliphatic rings. The number of benzene rings is 1. The third-order valence-electron chi connectivity index (χ3n) is 7.17. The number of carbonyl (C=O) groups excluding carboxylic acids is 1. The molecule has 1 fully saturated rings. The minimum absolute atomic E-state index is 0.0233. The molecule has 1 aromatic carbocycles. The monoisotopic (exact) mass is 639 g/mol. The molecule has 5 rings (SSSR count). The zero-order valence-corrected chi connectivity index (χ0v) is 25.5. The molecular weight excluding hydrogens is 608 g/mol. The van der Waals surface area contributed by atoms with Gasteiger partial charge in [0.25, 0.3) is 0 Å². The van der Waals surface area contributed by atoms with Gasteiger partial charge in [-0.05, 0) is 30.7 Å². The number of rotatable bonds is 13. The van der Waals surface area contributed by atoms with Gasteiger partial charge in [0.15, 0.2) is 11.6 Å². The third-order valence-corrected chi connectivity index (χ3v) is 7.96. The number of nitrogens with one attached hydrogen (secondary N) is 4. The number of anilines is 2. The normalized spacial score (nSPS) is 14.5. The largest absolute Gasteiger partial charge is 0.481 e. The van der Waals surface area contributed by atoms with Crippen molar-refractivity contribution in [2.75, 3.05) is 32.1 Å². The molecule has 0 saturated carbocycles. The lowest BCUT2D eigenvalue weighted by Crippen LogP contribution is -2.35. The van der Waals surface area contributed by atoms with Gasteiger partial charge in [0.2, 0.25) is 11.8 Å². The average molecular weight is 641 g/mol. The summed E-state index contributed by atoms with van der Waals surface area (Å²) < 4.78 is 20.9. The summed E-state index contributed by atoms with van der Waals surface area (Å²) in [6.07, 6.45) is 4.41. The lowest BCUT2D eigenvalue weighted by Gasteiger charge is -2.16. The third kappa shape index (κ3) is 7.25. The quantitative estimate of drug-likeness (QED) is 0.130. The summed E-state index contributed by atoms with van der Waals surface area (Å²) in [6, 6.07) is 12.4. The Morgan fingerprint density at radius 1 is 1.02 bits per heavy atom. The van der Waals surface area contributed by atoms with Gasteiger partial charge in [-0.15, -0.1) is 0 Å². The molecule has 0 unspecified atom stereocenters. The molecule has 1 atom stereocenters. The number of aliphatic hydroxyl groups is 1. The number of nitrogens with zero attached hydrogens (tertiary/aromatic N) is 3. The predicted molar refractivity (Wildman–Crippen MR) is 169 cm³/mol. The molecule has 3 aromatic heterocycles. The van der Waals surface area contributed by atoms with Crippen molar-refractivity contribution in [2.24, 2.45) is 0 Å². The fourth-order valence-electron chi connectivity index (χ4n) is 4.92. The van der Waals surface area contributed by atoms with E-state index in [0.717, 1.165) is 12.0 Å². The second-order valence-corrected chi connectivity index (χ2v) is 10.9. The Morgan fingerprint density at radius 2 is 1.84 bits per heavy atom. The first-order chi connectivity index (χ1) is 21.4. The molecule has 1 saturated heterocycles. The van der Waals surface area contributed by atoms with Crippen molar-refractivity contribution in [2.45, 2.75) is 32.0 Å². The number of hydrogen-bond acceptors (Lipinski definition) is 9. The highest BCUT2D eigenvalue weighted by Gasteiger charge is 2.21. The fourth-order valence-corrected chi connectivity index (χ4v) is 5.49. The highest BCUT2D eigenvalue weighted by atomic mass is 35.5. The SMILES string of the molecule is COc1nc(-c2ccnc(-c3cccc(Nc4nccc(CNC[C@@H]5CCC(=O)N5)c4F)c3Cl)c2Cl)ccc1CNCCO. The van der Waals surface area contributed by atoms with Crippen LogP contribution in [0, 0.1) is 5.82 Å². The Balaban J connectivity index is 1.36. The second kappa shape index (κ2) is 14.7. The van der Waals surface area contributed by atoms with Gasteiger partial charge in [-0.25, -0.2) is 14.4 Å². The predicted octanol–water partition coefficient (Wildman–Crippen LogP) is 4.85. The number of halogens is 3. The van der Waals surface area contributed by atoms with Crippen LogP contribution in [-0.2, 0) is 17.9 Å². The van der Waals surface area contributed by atoms with E-state index < -0.39 is 5.82 Å². The van der Waals surface area contributed by atoms with Crippen LogP contribution in [0.1, 0.15) is 24.0 Å². The van der Waals surface area contributed by atoms with Crippen LogP contribution in [0.5, 0.6) is 5.88 Å². The van der Waals surface area contributed by atoms with Crippen molar-refractivity contribution in [3.63, 3.8) is 0 Å². The number of aromatic nitrogens is 3. The highest BCUT2D eigenvalue weighted by molar-refractivity contribution is 6.39. The van der Waals surface area contributed by atoms with Gasteiger partial charge >= 0.3 is 0 Å². The van der Waals surface area contributed by atoms with E-state index >= 15 is 4.39 Å². The van der Waals surface area contributed by atoms with Crippen molar-refractivity contribution in [3.05, 3.63) is 81.8 Å². The number of ether oxygens (including phenoxy) is 1. The van der Waals surface area contributed by atoms with Gasteiger partial charge in [0.1, 0.15) is 0 Å². The van der Waals surface area contributed by atoms with Gasteiger partial charge in [0, 0.05) is 73.3 Å². The molecule has 0 radical (unpaired) electrons. The van der Waals surface area contributed by atoms with E-state index in [1.165, 1.54) is 6.20 Å². The Hall–Kier alpha value is -3.87. The minimum atomic E-state index is -0.509. The maximum atomic E-state index is 15.4. The Kier molecular flexibility index (Phi) is 10.6. The molecule has 10 nitrogen and oxygen atoms in total. The van der Waals surface area contributed by atoms with Crippen LogP contribution < -0.4 is 26.0 Å². The first kappa shape index (κ1) is 31.6. The Bertz CT molecular complexity index is 1640. The van der Waals surface area contributed by atoms with Crippen LogP contribution in [0.15, 0.2) is 54.9 Å². The lowest BCUT2D eigenvalue weighted by atomic mass is 10.1. The molecule has 44 heavy (non-hydrogen) atoms. The van der Waals surface area contributed by atoms with Gasteiger partial charge in [-0.3, -0.25) is 9.78 Å². The van der Waals surface area contributed by atoms with E-state index in [2.05, 4.69) is 36.2 Å². The van der Waals surface area contributed by atoms with Crippen molar-refractivity contribution in [1.82, 2.24) is 30.9 Å². The molecule has 4 aromatic rings. The van der Waals surface area contributed by atoms with Crippen LogP contribution in [0.2, 0.25) is 10.0 Å². The van der Waals surface area contributed by atoms with Gasteiger partial charge in [-0.2, -0.15) is 0 Å². The van der Waals surface area contributed by atoms with E-state index in [0.29, 0.717) is 70.7 Å². The summed E-state index contributed by atoms with van der Waals surface area (Å²) in [6.45, 7) is 1.78. The zero-order chi connectivity index (χ0) is 31.1. The number of hydrogen-bond donors (Lipinski definition) is 5. The van der Waals surface area contributed by atoms with E-state index in [1.807, 2.05) is 12.1 Å². The number of aliphatic hydroxyl groups excluding tert-OH is 1. The Morgan fingerprint density at radius 3 is 2.61 bits per heavy atom. The number of carbonyl (C=O) groups is 1. The average Bonchev–Trinajstić information content (AvgIpc) is 3.45. The maximum absolute atomic E-state index is 15.4. The molecule has 0 aliphatic carbocycles. The van der Waals surface area contributed by atoms with Crippen molar-refractivity contribution in [1.29, 1.82) is 0 Å². The van der Waals surface area contributed by atoms with Crippen LogP contribution in [0.4, 0.5) is 15.9 Å². The molecule has 1 amide bonds. The van der Waals surface area contributed by atoms with Gasteiger partial charge < -0.3 is 31.1 Å². The minimum Gasteiger partial charge on any atom is -0.481 e. The molecular formula is C31H32Cl2FN7O3. The standard InChI is InChI=1S/C31H32Cl2FN7O3/c1-44-31-19(16-35-13-14-42)5-7-23(41-31)21-10-12-37-29(27(21)33)22-3-2-4-24(26(22)32)40-30-28(34)18(9-11-38-30)15-36-17-20-6-8-25(43)39-20/h2-5,7,9-12,20,35-36,42H,6,8,13-17H2,1H3,(H,38,40)(H,39,43)/t20-/m0/s1. The molecule has 1 aliphatic heterocycles. The van der Waals surface area contributed by atoms with Crippen LogP contribution in [0.3, 0.4) is 0 Å². The molecule has 0 bridgehead atoms. The first-order valence-electron chi connectivity index (χ1n) is 14.1. The molecule has 0 spiro atoms. The summed E-state index contributed by atoms with van der Waals surface area (Å²) in [5.41, 5.74) is 3.87. The molecule has 5 N–H and O–H groups in total. The van der Waals surface area contributed by atoms with Crippen molar-refractivity contribution >= 4 is 40.6 Å². The van der Waals surface area contributed by atoms with Crippen LogP contribution in [-0.4, -0.2) is 58.8 Å². The summed E-state index contributed by atoms with van der Waals surface area (Å²) >= 11 is 13.7. The number of amides is 1. The van der Waals surface area contributed by atoms with Crippen molar-refractivity contribution in [3.8, 4) is 28.4 Å². The summed E-state index contributed by atoms with van der Waals surface area (Å²) in [7, 11) is 1.54. The second-order valence-electron chi connectivity index (χ2n) is 10.1. The van der Waals surface area contributed by atoms with Crippen LogP contribution in [0.25, 0.3) is 22.5 Å². The summed E-state index contributed by atoms with van der Waals surface area (Å²) in [5.74, 6) is -0.0144. The summed E-state index contributed by atoms with van der Waals surface area (Å²) in [5, 5.41) is 21.9. The summed E-state index contributed by atoms with van der Waals surface area (Å²) in [4.78, 5) is 24.7. The fraction of sp³-hybridized carbons (Fsp3) is 0.290. The number of pyridine rings is 3. The topological polar surface area (TPSA) is 133 Å². The smallest absolute Gasteiger partial charge is 0.220 e. The molecule has 230 valence electrons. The molecule has 13 heteroatoms. The van der Waals surface area contributed by atoms with Crippen LogP contribution >= 0.6 is 23.2 Å². The Labute approximate surface area is 264 Å². The molecule has 4 heterocycles. The van der Waals surface area contributed by atoms with Gasteiger partial charge in [-0.1, -0.05) is 41.4 Å². The van der Waals surface area contributed by atoms with E-state index in [9.17, 15) is 4.79 Å². The van der Waals surface area contributed by atoms with Crippen molar-refractivity contribution < 1.29 is 19.0 Å². The maximum Gasteiger partial charge on any atom is 0.220 e. The first-order valence-corrected chi connectivity index (χ1v) is 14.8. The van der Waals surface area contributed by atoms with E-state index in [1.54, 1.807) is 43.6 Å². The lowest BCUT2D eigenvalue weighted by molar-refractivity contribution is -0.119.